The average molecular weight is 407 g/mol. The maximum Gasteiger partial charge on any atom is 0.249 e. The van der Waals surface area contributed by atoms with Gasteiger partial charge in [0.2, 0.25) is 11.8 Å². The number of rotatable bonds is 4. The van der Waals surface area contributed by atoms with E-state index < -0.39 is 11.9 Å². The zero-order valence-corrected chi connectivity index (χ0v) is 16.5. The number of carbonyl (C=O) groups is 2. The van der Waals surface area contributed by atoms with E-state index in [1.165, 1.54) is 30.6 Å². The van der Waals surface area contributed by atoms with Gasteiger partial charge in [-0.15, -0.1) is 23.1 Å². The number of hydrogen-bond acceptors (Lipinski definition) is 6. The number of thiazole rings is 1. The molecule has 2 aliphatic heterocycles. The Morgan fingerprint density at radius 2 is 2.30 bits per heavy atom. The molecule has 2 fully saturated rings. The van der Waals surface area contributed by atoms with Crippen LogP contribution in [0.3, 0.4) is 0 Å². The lowest BCUT2D eigenvalue weighted by atomic mass is 10.1. The van der Waals surface area contributed by atoms with Crippen molar-refractivity contribution in [3.63, 3.8) is 0 Å². The summed E-state index contributed by atoms with van der Waals surface area (Å²) in [6.07, 6.45) is 1.25. The maximum atomic E-state index is 13.9. The van der Waals surface area contributed by atoms with Gasteiger partial charge in [-0.2, -0.15) is 0 Å². The molecular weight excluding hydrogens is 389 g/mol. The predicted molar refractivity (Wildman–Crippen MR) is 103 cm³/mol. The third kappa shape index (κ3) is 3.19. The Morgan fingerprint density at radius 3 is 3.04 bits per heavy atom. The van der Waals surface area contributed by atoms with Gasteiger partial charge < -0.3 is 15.0 Å². The van der Waals surface area contributed by atoms with E-state index in [2.05, 4.69) is 10.3 Å². The van der Waals surface area contributed by atoms with Crippen LogP contribution >= 0.6 is 23.1 Å². The molecular formula is C18H18FN3O3S2. The summed E-state index contributed by atoms with van der Waals surface area (Å²) in [5.41, 5.74) is 1.17. The Labute approximate surface area is 164 Å². The van der Waals surface area contributed by atoms with Gasteiger partial charge in [0.05, 0.1) is 17.7 Å². The Kier molecular flexibility index (Phi) is 4.59. The maximum absolute atomic E-state index is 13.9. The van der Waals surface area contributed by atoms with Gasteiger partial charge >= 0.3 is 0 Å². The van der Waals surface area contributed by atoms with Crippen molar-refractivity contribution in [1.82, 2.24) is 9.88 Å². The number of amides is 2. The number of fused-ring (bicyclic) bond motifs is 1. The summed E-state index contributed by atoms with van der Waals surface area (Å²) in [5, 5.41) is 4.99. The third-order valence-corrected chi connectivity index (χ3v) is 7.19. The number of hydrogen-bond donors (Lipinski definition) is 1. The summed E-state index contributed by atoms with van der Waals surface area (Å²) in [6.45, 7) is 2.01. The first kappa shape index (κ1) is 18.2. The molecule has 3 heterocycles. The molecule has 2 aromatic rings. The highest BCUT2D eigenvalue weighted by molar-refractivity contribution is 8.01. The largest absolute Gasteiger partial charge is 0.494 e. The zero-order valence-electron chi connectivity index (χ0n) is 14.8. The van der Waals surface area contributed by atoms with Crippen molar-refractivity contribution in [2.75, 3.05) is 18.2 Å². The number of nitrogens with one attached hydrogen (secondary N) is 1. The molecule has 0 unspecified atom stereocenters. The van der Waals surface area contributed by atoms with Gasteiger partial charge in [0, 0.05) is 23.1 Å². The summed E-state index contributed by atoms with van der Waals surface area (Å²) >= 11 is 2.91. The minimum absolute atomic E-state index is 0.0242. The van der Waals surface area contributed by atoms with Gasteiger partial charge in [0.25, 0.3) is 0 Å². The second-order valence-corrected chi connectivity index (χ2v) is 9.00. The van der Waals surface area contributed by atoms with E-state index in [1.54, 1.807) is 28.1 Å². The highest BCUT2D eigenvalue weighted by atomic mass is 32.2. The van der Waals surface area contributed by atoms with Gasteiger partial charge in [-0.05, 0) is 31.5 Å². The van der Waals surface area contributed by atoms with Crippen molar-refractivity contribution in [3.05, 3.63) is 29.4 Å². The highest BCUT2D eigenvalue weighted by Crippen LogP contribution is 2.47. The molecule has 0 spiro atoms. The second-order valence-electron chi connectivity index (χ2n) is 6.64. The molecule has 0 radical (unpaired) electrons. The molecule has 4 rings (SSSR count). The minimum atomic E-state index is -0.485. The average Bonchev–Trinajstić information content (AvgIpc) is 3.31. The minimum Gasteiger partial charge on any atom is -0.494 e. The quantitative estimate of drug-likeness (QED) is 0.842. The normalized spacial score (nSPS) is 24.2. The fraction of sp³-hybridized carbons (Fsp3) is 0.389. The monoisotopic (exact) mass is 407 g/mol. The van der Waals surface area contributed by atoms with Crippen LogP contribution in [0.15, 0.2) is 23.6 Å². The first-order valence-corrected chi connectivity index (χ1v) is 10.3. The fourth-order valence-corrected chi connectivity index (χ4v) is 5.65. The molecule has 9 heteroatoms. The molecule has 27 heavy (non-hydrogen) atoms. The van der Waals surface area contributed by atoms with E-state index in [0.29, 0.717) is 28.6 Å². The van der Waals surface area contributed by atoms with E-state index in [9.17, 15) is 14.0 Å². The van der Waals surface area contributed by atoms with Crippen LogP contribution in [0.2, 0.25) is 0 Å². The first-order chi connectivity index (χ1) is 12.9. The SMILES string of the molecule is COc1ccc(-c2csc(NC(=O)[C@@H]3CS[C@]4(C)CCC(=O)N34)n2)cc1F. The topological polar surface area (TPSA) is 71.5 Å². The van der Waals surface area contributed by atoms with Gasteiger partial charge in [0.1, 0.15) is 6.04 Å². The Morgan fingerprint density at radius 1 is 1.48 bits per heavy atom. The molecule has 0 aliphatic carbocycles. The van der Waals surface area contributed by atoms with Gasteiger partial charge in [-0.25, -0.2) is 9.37 Å². The van der Waals surface area contributed by atoms with E-state index in [4.69, 9.17) is 4.74 Å². The number of nitrogens with zero attached hydrogens (tertiary/aromatic N) is 2. The van der Waals surface area contributed by atoms with Gasteiger partial charge in [-0.3, -0.25) is 9.59 Å². The molecule has 2 atom stereocenters. The van der Waals surface area contributed by atoms with Crippen LogP contribution in [0.25, 0.3) is 11.3 Å². The smallest absolute Gasteiger partial charge is 0.249 e. The summed E-state index contributed by atoms with van der Waals surface area (Å²) < 4.78 is 18.8. The number of halogens is 1. The number of thioether (sulfide) groups is 1. The zero-order chi connectivity index (χ0) is 19.2. The molecule has 2 amide bonds. The number of methoxy groups -OCH3 is 1. The van der Waals surface area contributed by atoms with Crippen LogP contribution in [-0.2, 0) is 9.59 Å². The van der Waals surface area contributed by atoms with Crippen LogP contribution < -0.4 is 10.1 Å². The van der Waals surface area contributed by atoms with E-state index in [-0.39, 0.29) is 22.4 Å². The molecule has 142 valence electrons. The fourth-order valence-electron chi connectivity index (χ4n) is 3.49. The first-order valence-electron chi connectivity index (χ1n) is 8.48. The summed E-state index contributed by atoms with van der Waals surface area (Å²) in [7, 11) is 1.41. The van der Waals surface area contributed by atoms with Gasteiger partial charge in [0.15, 0.2) is 16.7 Å². The molecule has 2 saturated heterocycles. The molecule has 1 N–H and O–H groups in total. The molecule has 6 nitrogen and oxygen atoms in total. The van der Waals surface area contributed by atoms with Crippen molar-refractivity contribution < 1.29 is 18.7 Å². The van der Waals surface area contributed by atoms with E-state index in [0.717, 1.165) is 6.42 Å². The Balaban J connectivity index is 1.49. The predicted octanol–water partition coefficient (Wildman–Crippen LogP) is 3.35. The number of carbonyl (C=O) groups excluding carboxylic acids is 2. The number of aromatic nitrogens is 1. The van der Waals surface area contributed by atoms with Crippen molar-refractivity contribution in [2.24, 2.45) is 0 Å². The van der Waals surface area contributed by atoms with Crippen molar-refractivity contribution >= 4 is 40.0 Å². The lowest BCUT2D eigenvalue weighted by molar-refractivity contribution is -0.135. The third-order valence-electron chi connectivity index (χ3n) is 4.93. The highest BCUT2D eigenvalue weighted by Gasteiger charge is 2.52. The Hall–Kier alpha value is -2.13. The molecule has 0 bridgehead atoms. The van der Waals surface area contributed by atoms with Crippen molar-refractivity contribution in [3.8, 4) is 17.0 Å². The van der Waals surface area contributed by atoms with Crippen molar-refractivity contribution in [1.29, 1.82) is 0 Å². The summed E-state index contributed by atoms with van der Waals surface area (Å²) in [4.78, 5) is 30.7. The van der Waals surface area contributed by atoms with Crippen LogP contribution in [0.4, 0.5) is 9.52 Å². The van der Waals surface area contributed by atoms with Crippen LogP contribution in [0.5, 0.6) is 5.75 Å². The van der Waals surface area contributed by atoms with Gasteiger partial charge in [-0.1, -0.05) is 0 Å². The van der Waals surface area contributed by atoms with E-state index >= 15 is 0 Å². The van der Waals surface area contributed by atoms with Crippen LogP contribution in [0, 0.1) is 5.82 Å². The molecule has 1 aromatic heterocycles. The number of ether oxygens (including phenoxy) is 1. The summed E-state index contributed by atoms with van der Waals surface area (Å²) in [6, 6.07) is 4.12. The standard InChI is InChI=1S/C18H18FN3O3S2/c1-18-6-5-15(23)22(18)13(9-27-18)16(24)21-17-20-12(8-26-17)10-3-4-14(25-2)11(19)7-10/h3-4,7-8,13H,5-6,9H2,1-2H3,(H,20,21,24)/t13-,18+/m0/s1. The molecule has 1 aromatic carbocycles. The number of anilines is 1. The lowest BCUT2D eigenvalue weighted by Gasteiger charge is -2.29. The van der Waals surface area contributed by atoms with E-state index in [1.807, 2.05) is 6.92 Å². The molecule has 2 aliphatic rings. The summed E-state index contributed by atoms with van der Waals surface area (Å²) in [5.74, 6) is 0.0677. The molecule has 0 saturated carbocycles. The van der Waals surface area contributed by atoms with Crippen molar-refractivity contribution in [2.45, 2.75) is 30.7 Å². The second kappa shape index (κ2) is 6.79. The number of benzene rings is 1. The Bertz CT molecular complexity index is 919. The van der Waals surface area contributed by atoms with Crippen LogP contribution in [-0.4, -0.2) is 45.5 Å². The van der Waals surface area contributed by atoms with Crippen LogP contribution in [0.1, 0.15) is 19.8 Å². The lowest BCUT2D eigenvalue weighted by Crippen LogP contribution is -2.48.